The Balaban J connectivity index is 1.39. The minimum Gasteiger partial charge on any atom is -0.303 e. The fourth-order valence-corrected chi connectivity index (χ4v) is 4.06. The number of hydrogen-bond donors (Lipinski definition) is 1. The Morgan fingerprint density at radius 2 is 1.83 bits per heavy atom. The van der Waals surface area contributed by atoms with Crippen molar-refractivity contribution in [3.05, 3.63) is 108 Å². The predicted octanol–water partition coefficient (Wildman–Crippen LogP) is 3.76. The summed E-state index contributed by atoms with van der Waals surface area (Å²) < 4.78 is 3.37. The van der Waals surface area contributed by atoms with E-state index in [1.807, 2.05) is 74.0 Å². The van der Waals surface area contributed by atoms with Crippen LogP contribution in [0.25, 0.3) is 16.6 Å². The molecule has 0 aliphatic rings. The largest absolute Gasteiger partial charge is 0.303 e. The maximum absolute atomic E-state index is 13.7. The third-order valence-corrected chi connectivity index (χ3v) is 5.92. The molecule has 0 saturated carbocycles. The van der Waals surface area contributed by atoms with Crippen molar-refractivity contribution in [2.45, 2.75) is 12.5 Å². The fraction of sp³-hybridized carbons (Fsp3) is 0.148. The molecule has 8 nitrogen and oxygen atoms in total. The summed E-state index contributed by atoms with van der Waals surface area (Å²) in [5.74, 6) is -0.139. The van der Waals surface area contributed by atoms with Crippen LogP contribution in [-0.2, 0) is 13.5 Å². The molecule has 5 rings (SSSR count). The second kappa shape index (κ2) is 9.71. The number of nitrogens with one attached hydrogen (secondary N) is 1. The molecule has 0 amide bonds. The van der Waals surface area contributed by atoms with Crippen LogP contribution in [0.3, 0.4) is 0 Å². The van der Waals surface area contributed by atoms with Gasteiger partial charge in [0, 0.05) is 37.1 Å². The summed E-state index contributed by atoms with van der Waals surface area (Å²) in [6.07, 6.45) is 6.28. The molecule has 0 fully saturated rings. The van der Waals surface area contributed by atoms with Gasteiger partial charge in [0.05, 0.1) is 29.4 Å². The molecular formula is C27H23N7O. The lowest BCUT2D eigenvalue weighted by Crippen LogP contribution is -2.30. The zero-order chi connectivity index (χ0) is 24.2. The van der Waals surface area contributed by atoms with Crippen molar-refractivity contribution in [1.82, 2.24) is 29.9 Å². The first-order valence-electron chi connectivity index (χ1n) is 11.3. The molecule has 0 unspecified atom stereocenters. The highest BCUT2D eigenvalue weighted by Crippen LogP contribution is 2.23. The third-order valence-electron chi connectivity index (χ3n) is 5.92. The number of benzene rings is 2. The Hall–Kier alpha value is -4.61. The van der Waals surface area contributed by atoms with Gasteiger partial charge in [-0.05, 0) is 35.7 Å². The standard InChI is InChI=1S/C27H23N7O/c1-33-17-23(16-30-33)22-11-12-24-26(31-32-34(24)18-22)27(35)25(21-5-3-2-4-6-21)29-14-13-19-7-9-20(15-28)10-8-19/h2-12,16-18,25,29H,13-14H2,1H3/t25-/m1/s1. The second-order valence-electron chi connectivity index (χ2n) is 8.31. The number of Topliss-reactive ketones (excluding diaryl/α,β-unsaturated/α-hetero) is 1. The number of nitrogens with zero attached hydrogens (tertiary/aromatic N) is 6. The number of hydrogen-bond acceptors (Lipinski definition) is 6. The number of pyridine rings is 1. The zero-order valence-corrected chi connectivity index (χ0v) is 19.2. The van der Waals surface area contributed by atoms with Crippen LogP contribution in [0.5, 0.6) is 0 Å². The normalized spacial score (nSPS) is 11.9. The van der Waals surface area contributed by atoms with Gasteiger partial charge in [0.15, 0.2) is 5.69 Å². The van der Waals surface area contributed by atoms with Crippen LogP contribution in [0.1, 0.15) is 33.2 Å². The van der Waals surface area contributed by atoms with Crippen molar-refractivity contribution in [2.24, 2.45) is 7.05 Å². The SMILES string of the molecule is Cn1cc(-c2ccc3c(C(=O)[C@H](NCCc4ccc(C#N)cc4)c4ccccc4)nnn3c2)cn1. The molecule has 3 aromatic heterocycles. The Morgan fingerprint density at radius 1 is 1.03 bits per heavy atom. The molecule has 35 heavy (non-hydrogen) atoms. The lowest BCUT2D eigenvalue weighted by Gasteiger charge is -2.17. The average Bonchev–Trinajstić information content (AvgIpc) is 3.53. The van der Waals surface area contributed by atoms with Gasteiger partial charge in [-0.25, -0.2) is 4.52 Å². The number of fused-ring (bicyclic) bond motifs is 1. The van der Waals surface area contributed by atoms with Crippen LogP contribution < -0.4 is 5.32 Å². The number of rotatable bonds is 8. The van der Waals surface area contributed by atoms with Crippen LogP contribution in [0.2, 0.25) is 0 Å². The van der Waals surface area contributed by atoms with Crippen LogP contribution in [0.15, 0.2) is 85.3 Å². The van der Waals surface area contributed by atoms with Crippen LogP contribution in [-0.4, -0.2) is 36.9 Å². The Morgan fingerprint density at radius 3 is 2.54 bits per heavy atom. The quantitative estimate of drug-likeness (QED) is 0.353. The highest BCUT2D eigenvalue weighted by atomic mass is 16.1. The number of nitriles is 1. The van der Waals surface area contributed by atoms with Crippen LogP contribution in [0, 0.1) is 11.3 Å². The molecule has 0 aliphatic heterocycles. The van der Waals surface area contributed by atoms with Gasteiger partial charge in [-0.2, -0.15) is 10.4 Å². The van der Waals surface area contributed by atoms with Gasteiger partial charge in [0.25, 0.3) is 0 Å². The van der Waals surface area contributed by atoms with Gasteiger partial charge in [-0.15, -0.1) is 5.10 Å². The predicted molar refractivity (Wildman–Crippen MR) is 132 cm³/mol. The van der Waals surface area contributed by atoms with Gasteiger partial charge in [-0.3, -0.25) is 9.48 Å². The molecule has 0 saturated heterocycles. The fourth-order valence-electron chi connectivity index (χ4n) is 4.06. The average molecular weight is 462 g/mol. The molecule has 3 heterocycles. The summed E-state index contributed by atoms with van der Waals surface area (Å²) in [7, 11) is 1.87. The highest BCUT2D eigenvalue weighted by Gasteiger charge is 2.26. The molecule has 1 N–H and O–H groups in total. The Bertz CT molecular complexity index is 1510. The van der Waals surface area contributed by atoms with Crippen LogP contribution >= 0.6 is 0 Å². The van der Waals surface area contributed by atoms with Crippen molar-refractivity contribution in [3.8, 4) is 17.2 Å². The molecule has 0 spiro atoms. The van der Waals surface area contributed by atoms with E-state index in [-0.39, 0.29) is 5.78 Å². The summed E-state index contributed by atoms with van der Waals surface area (Å²) in [5.41, 5.74) is 5.46. The third kappa shape index (κ3) is 4.71. The summed E-state index contributed by atoms with van der Waals surface area (Å²) in [6, 6.07) is 22.5. The van der Waals surface area contributed by atoms with E-state index in [4.69, 9.17) is 5.26 Å². The number of carbonyl (C=O) groups is 1. The van der Waals surface area contributed by atoms with Gasteiger partial charge in [-0.1, -0.05) is 53.7 Å². The minimum atomic E-state index is -0.562. The van der Waals surface area contributed by atoms with E-state index in [0.29, 0.717) is 23.3 Å². The molecule has 172 valence electrons. The number of aromatic nitrogens is 5. The van der Waals surface area contributed by atoms with Gasteiger partial charge in [0.1, 0.15) is 0 Å². The van der Waals surface area contributed by atoms with E-state index < -0.39 is 6.04 Å². The van der Waals surface area contributed by atoms with E-state index in [1.54, 1.807) is 27.5 Å². The zero-order valence-electron chi connectivity index (χ0n) is 19.2. The molecule has 0 bridgehead atoms. The molecule has 2 aromatic carbocycles. The van der Waals surface area contributed by atoms with Crippen molar-refractivity contribution in [1.29, 1.82) is 5.26 Å². The van der Waals surface area contributed by atoms with E-state index >= 15 is 0 Å². The summed E-state index contributed by atoms with van der Waals surface area (Å²) >= 11 is 0. The second-order valence-corrected chi connectivity index (χ2v) is 8.31. The maximum Gasteiger partial charge on any atom is 0.206 e. The van der Waals surface area contributed by atoms with Crippen molar-refractivity contribution < 1.29 is 4.79 Å². The van der Waals surface area contributed by atoms with E-state index in [2.05, 4.69) is 26.8 Å². The number of aryl methyl sites for hydroxylation is 1. The first kappa shape index (κ1) is 22.2. The van der Waals surface area contributed by atoms with Gasteiger partial charge < -0.3 is 5.32 Å². The highest BCUT2D eigenvalue weighted by molar-refractivity contribution is 6.04. The van der Waals surface area contributed by atoms with Crippen LogP contribution in [0.4, 0.5) is 0 Å². The van der Waals surface area contributed by atoms with Gasteiger partial charge in [0.2, 0.25) is 5.78 Å². The summed E-state index contributed by atoms with van der Waals surface area (Å²) in [4.78, 5) is 13.7. The Kier molecular flexibility index (Phi) is 6.16. The lowest BCUT2D eigenvalue weighted by atomic mass is 9.99. The first-order chi connectivity index (χ1) is 17.1. The smallest absolute Gasteiger partial charge is 0.206 e. The van der Waals surface area contributed by atoms with Gasteiger partial charge >= 0.3 is 0 Å². The van der Waals surface area contributed by atoms with E-state index in [0.717, 1.165) is 28.7 Å². The van der Waals surface area contributed by atoms with Crippen molar-refractivity contribution in [3.63, 3.8) is 0 Å². The van der Waals surface area contributed by atoms with Crippen molar-refractivity contribution in [2.75, 3.05) is 6.54 Å². The number of ketones is 1. The molecule has 0 radical (unpaired) electrons. The lowest BCUT2D eigenvalue weighted by molar-refractivity contribution is 0.0939. The maximum atomic E-state index is 13.7. The first-order valence-corrected chi connectivity index (χ1v) is 11.3. The molecule has 0 aliphatic carbocycles. The topological polar surface area (TPSA) is 101 Å². The number of carbonyl (C=O) groups excluding carboxylic acids is 1. The monoisotopic (exact) mass is 461 g/mol. The molecular weight excluding hydrogens is 438 g/mol. The minimum absolute atomic E-state index is 0.139. The summed E-state index contributed by atoms with van der Waals surface area (Å²) in [5, 5.41) is 25.1. The van der Waals surface area contributed by atoms with Crippen molar-refractivity contribution >= 4 is 11.3 Å². The molecule has 8 heteroatoms. The van der Waals surface area contributed by atoms with E-state index in [1.165, 1.54) is 0 Å². The summed E-state index contributed by atoms with van der Waals surface area (Å²) in [6.45, 7) is 0.585. The molecule has 1 atom stereocenters. The van der Waals surface area contributed by atoms with E-state index in [9.17, 15) is 4.79 Å². The Labute approximate surface area is 202 Å². The molecule has 5 aromatic rings.